The van der Waals surface area contributed by atoms with Crippen molar-refractivity contribution in [2.45, 2.75) is 27.7 Å². The van der Waals surface area contributed by atoms with Crippen molar-refractivity contribution in [3.8, 4) is 0 Å². The van der Waals surface area contributed by atoms with Gasteiger partial charge in [-0.15, -0.1) is 0 Å². The summed E-state index contributed by atoms with van der Waals surface area (Å²) in [6, 6.07) is 0. The molecule has 0 unspecified atom stereocenters. The molecule has 0 aliphatic rings. The quantitative estimate of drug-likeness (QED) is 0.390. The van der Waals surface area contributed by atoms with Crippen molar-refractivity contribution in [1.29, 1.82) is 0 Å². The molecule has 0 fully saturated rings. The van der Waals surface area contributed by atoms with Gasteiger partial charge in [0, 0.05) is 8.41 Å². The Morgan fingerprint density at radius 1 is 0.778 bits per heavy atom. The molecular formula is C8H16B. The van der Waals surface area contributed by atoms with Crippen molar-refractivity contribution in [1.82, 2.24) is 0 Å². The van der Waals surface area contributed by atoms with E-state index >= 15 is 0 Å². The lowest BCUT2D eigenvalue weighted by atomic mass is 10.1. The highest BCUT2D eigenvalue weighted by Gasteiger charge is 1.85. The first-order valence-electron chi connectivity index (χ1n) is 3.31. The molecule has 3 radical (unpaired) electrons. The minimum absolute atomic E-state index is 0. The van der Waals surface area contributed by atoms with Crippen LogP contribution in [0.15, 0.2) is 12.2 Å². The van der Waals surface area contributed by atoms with Gasteiger partial charge in [-0.3, -0.25) is 0 Å². The van der Waals surface area contributed by atoms with Crippen LogP contribution in [0.5, 0.6) is 0 Å². The Bertz CT molecular complexity index is 62.6. The molecule has 0 amide bonds. The normalized spacial score (nSPS) is 10.9. The molecule has 0 aromatic carbocycles. The summed E-state index contributed by atoms with van der Waals surface area (Å²) in [4.78, 5) is 0. The van der Waals surface area contributed by atoms with Gasteiger partial charge in [-0.2, -0.15) is 0 Å². The Hall–Kier alpha value is -0.195. The number of rotatable bonds is 2. The highest BCUT2D eigenvalue weighted by atomic mass is 13.9. The highest BCUT2D eigenvalue weighted by molar-refractivity contribution is 5.75. The van der Waals surface area contributed by atoms with Crippen LogP contribution in [-0.4, -0.2) is 8.41 Å². The highest BCUT2D eigenvalue weighted by Crippen LogP contribution is 1.99. The van der Waals surface area contributed by atoms with Gasteiger partial charge in [-0.25, -0.2) is 0 Å². The molecule has 0 aromatic heterocycles. The van der Waals surface area contributed by atoms with Crippen LogP contribution in [0.1, 0.15) is 27.7 Å². The Balaban J connectivity index is 0. The lowest BCUT2D eigenvalue weighted by Crippen LogP contribution is -1.81. The van der Waals surface area contributed by atoms with Crippen LogP contribution >= 0.6 is 0 Å². The van der Waals surface area contributed by atoms with Crippen molar-refractivity contribution >= 4 is 8.41 Å². The number of hydrogen-bond donors (Lipinski definition) is 0. The molecule has 0 heterocycles. The molecular weight excluding hydrogens is 107 g/mol. The monoisotopic (exact) mass is 123 g/mol. The van der Waals surface area contributed by atoms with E-state index in [0.717, 1.165) is 0 Å². The van der Waals surface area contributed by atoms with Gasteiger partial charge in [0.15, 0.2) is 0 Å². The molecule has 0 aromatic rings. The average molecular weight is 123 g/mol. The third kappa shape index (κ3) is 11.4. The average Bonchev–Trinajstić information content (AvgIpc) is 1.61. The largest absolute Gasteiger partial charge is 0.0857 e. The Labute approximate surface area is 60.9 Å². The SMILES string of the molecule is CC(C)/C=C\C(C)C.[B]. The molecule has 0 nitrogen and oxygen atoms in total. The predicted octanol–water partition coefficient (Wildman–Crippen LogP) is 2.47. The van der Waals surface area contributed by atoms with Crippen molar-refractivity contribution in [3.05, 3.63) is 12.2 Å². The van der Waals surface area contributed by atoms with Gasteiger partial charge in [0.1, 0.15) is 0 Å². The van der Waals surface area contributed by atoms with E-state index in [9.17, 15) is 0 Å². The van der Waals surface area contributed by atoms with E-state index < -0.39 is 0 Å². The van der Waals surface area contributed by atoms with Gasteiger partial charge in [-0.05, 0) is 11.8 Å². The molecule has 0 saturated heterocycles. The van der Waals surface area contributed by atoms with Crippen LogP contribution in [0.4, 0.5) is 0 Å². The second-order valence-electron chi connectivity index (χ2n) is 2.87. The van der Waals surface area contributed by atoms with Crippen LogP contribution in [0.25, 0.3) is 0 Å². The van der Waals surface area contributed by atoms with E-state index in [0.29, 0.717) is 11.8 Å². The van der Waals surface area contributed by atoms with E-state index in [1.807, 2.05) is 0 Å². The fourth-order valence-corrected chi connectivity index (χ4v) is 0.444. The third-order valence-electron chi connectivity index (χ3n) is 0.881. The summed E-state index contributed by atoms with van der Waals surface area (Å²) in [5, 5.41) is 0. The Morgan fingerprint density at radius 2 is 1.00 bits per heavy atom. The Morgan fingerprint density at radius 3 is 1.11 bits per heavy atom. The maximum Gasteiger partial charge on any atom is 0 e. The third-order valence-corrected chi connectivity index (χ3v) is 0.881. The van der Waals surface area contributed by atoms with Crippen LogP contribution in [0.3, 0.4) is 0 Å². The van der Waals surface area contributed by atoms with Crippen LogP contribution in [-0.2, 0) is 0 Å². The van der Waals surface area contributed by atoms with Gasteiger partial charge in [0.05, 0.1) is 0 Å². The zero-order valence-corrected chi connectivity index (χ0v) is 6.89. The first-order valence-corrected chi connectivity index (χ1v) is 3.31. The van der Waals surface area contributed by atoms with Crippen molar-refractivity contribution < 1.29 is 0 Å². The second-order valence-corrected chi connectivity index (χ2v) is 2.87. The Kier molecular flexibility index (Phi) is 7.64. The van der Waals surface area contributed by atoms with Crippen molar-refractivity contribution in [2.75, 3.05) is 0 Å². The van der Waals surface area contributed by atoms with Crippen LogP contribution < -0.4 is 0 Å². The molecule has 9 heavy (non-hydrogen) atoms. The molecule has 0 aliphatic heterocycles. The molecule has 0 N–H and O–H groups in total. The van der Waals surface area contributed by atoms with E-state index in [2.05, 4.69) is 39.8 Å². The summed E-state index contributed by atoms with van der Waals surface area (Å²) in [6.07, 6.45) is 4.48. The summed E-state index contributed by atoms with van der Waals surface area (Å²) in [5.74, 6) is 1.41. The summed E-state index contributed by atoms with van der Waals surface area (Å²) in [7, 11) is 0. The summed E-state index contributed by atoms with van der Waals surface area (Å²) in [6.45, 7) is 8.77. The van der Waals surface area contributed by atoms with Crippen LogP contribution in [0.2, 0.25) is 0 Å². The fourth-order valence-electron chi connectivity index (χ4n) is 0.444. The second kappa shape index (κ2) is 5.93. The van der Waals surface area contributed by atoms with Crippen molar-refractivity contribution in [3.63, 3.8) is 0 Å². The molecule has 0 bridgehead atoms. The topological polar surface area (TPSA) is 0 Å². The molecule has 51 valence electrons. The predicted molar refractivity (Wildman–Crippen MR) is 44.6 cm³/mol. The number of allylic oxidation sites excluding steroid dienone is 2. The van der Waals surface area contributed by atoms with Crippen LogP contribution in [0, 0.1) is 11.8 Å². The zero-order valence-electron chi connectivity index (χ0n) is 6.89. The lowest BCUT2D eigenvalue weighted by molar-refractivity contribution is 0.780. The molecule has 0 saturated carbocycles. The zero-order chi connectivity index (χ0) is 6.57. The number of hydrogen-bond acceptors (Lipinski definition) is 0. The standard InChI is InChI=1S/C8H16.B/c1-7(2)5-6-8(3)4;/h5-8H,1-4H3;/b6-5-;. The van der Waals surface area contributed by atoms with E-state index in [4.69, 9.17) is 0 Å². The van der Waals surface area contributed by atoms with E-state index in [1.54, 1.807) is 0 Å². The summed E-state index contributed by atoms with van der Waals surface area (Å²) >= 11 is 0. The van der Waals surface area contributed by atoms with Gasteiger partial charge in [0.2, 0.25) is 0 Å². The summed E-state index contributed by atoms with van der Waals surface area (Å²) in [5.41, 5.74) is 0. The summed E-state index contributed by atoms with van der Waals surface area (Å²) < 4.78 is 0. The molecule has 0 atom stereocenters. The van der Waals surface area contributed by atoms with Gasteiger partial charge >= 0.3 is 0 Å². The maximum absolute atomic E-state index is 2.24. The smallest absolute Gasteiger partial charge is 0 e. The molecule has 1 heteroatoms. The first-order chi connectivity index (χ1) is 3.63. The van der Waals surface area contributed by atoms with Crippen molar-refractivity contribution in [2.24, 2.45) is 11.8 Å². The van der Waals surface area contributed by atoms with E-state index in [-0.39, 0.29) is 8.41 Å². The fraction of sp³-hybridized carbons (Fsp3) is 0.750. The lowest BCUT2D eigenvalue weighted by Gasteiger charge is -1.95. The van der Waals surface area contributed by atoms with Gasteiger partial charge < -0.3 is 0 Å². The molecule has 0 rings (SSSR count). The minimum atomic E-state index is 0. The molecule has 0 aliphatic carbocycles. The molecule has 0 spiro atoms. The minimum Gasteiger partial charge on any atom is -0.0857 e. The first kappa shape index (κ1) is 11.6. The maximum atomic E-state index is 2.24. The van der Waals surface area contributed by atoms with Gasteiger partial charge in [-0.1, -0.05) is 39.8 Å². The van der Waals surface area contributed by atoms with E-state index in [1.165, 1.54) is 0 Å². The van der Waals surface area contributed by atoms with Gasteiger partial charge in [0.25, 0.3) is 0 Å².